The molecule has 0 aliphatic carbocycles. The number of hydrogen-bond acceptors (Lipinski definition) is 5. The number of aromatic nitrogens is 3. The van der Waals surface area contributed by atoms with Crippen LogP contribution in [0, 0.1) is 0 Å². The molecule has 2 rings (SSSR count). The summed E-state index contributed by atoms with van der Waals surface area (Å²) in [5, 5.41) is 0. The lowest BCUT2D eigenvalue weighted by atomic mass is 10.2. The highest BCUT2D eigenvalue weighted by Gasteiger charge is 2.02. The second-order valence-electron chi connectivity index (χ2n) is 4.40. The third-order valence-electron chi connectivity index (χ3n) is 2.80. The van der Waals surface area contributed by atoms with E-state index < -0.39 is 0 Å². The van der Waals surface area contributed by atoms with Crippen LogP contribution in [0.15, 0.2) is 35.7 Å². The van der Waals surface area contributed by atoms with Crippen molar-refractivity contribution in [2.75, 3.05) is 21.2 Å². The zero-order valence-corrected chi connectivity index (χ0v) is 12.0. The van der Waals surface area contributed by atoms with Crippen LogP contribution in [0.3, 0.4) is 0 Å². The van der Waals surface area contributed by atoms with Gasteiger partial charge in [-0.15, -0.1) is 0 Å². The van der Waals surface area contributed by atoms with Crippen LogP contribution in [0.5, 0.6) is 5.88 Å². The monoisotopic (exact) mass is 271 g/mol. The van der Waals surface area contributed by atoms with Crippen molar-refractivity contribution in [3.63, 3.8) is 0 Å². The summed E-state index contributed by atoms with van der Waals surface area (Å²) in [6, 6.07) is 3.68. The van der Waals surface area contributed by atoms with E-state index in [1.54, 1.807) is 31.8 Å². The fourth-order valence-electron chi connectivity index (χ4n) is 1.45. The van der Waals surface area contributed by atoms with E-state index in [0.29, 0.717) is 11.7 Å². The Bertz CT molecular complexity index is 590. The van der Waals surface area contributed by atoms with E-state index in [4.69, 9.17) is 4.74 Å². The van der Waals surface area contributed by atoms with Gasteiger partial charge in [0.2, 0.25) is 5.88 Å². The van der Waals surface area contributed by atoms with Gasteiger partial charge in [0.1, 0.15) is 5.84 Å². The summed E-state index contributed by atoms with van der Waals surface area (Å²) in [5.41, 5.74) is 1.64. The second kappa shape index (κ2) is 6.10. The maximum absolute atomic E-state index is 5.02. The van der Waals surface area contributed by atoms with Crippen molar-refractivity contribution in [2.24, 2.45) is 4.99 Å². The summed E-state index contributed by atoms with van der Waals surface area (Å²) in [4.78, 5) is 19.0. The summed E-state index contributed by atoms with van der Waals surface area (Å²) in [6.45, 7) is 1.92. The second-order valence-corrected chi connectivity index (χ2v) is 4.40. The Labute approximate surface area is 118 Å². The van der Waals surface area contributed by atoms with E-state index in [-0.39, 0.29) is 0 Å². The average Bonchev–Trinajstić information content (AvgIpc) is 2.48. The quantitative estimate of drug-likeness (QED) is 0.632. The molecule has 0 radical (unpaired) electrons. The molecule has 0 aliphatic rings. The standard InChI is InChI=1S/C14H17N5O/c1-10(19(2)3)18-13-9-15-12(8-16-13)11-5-6-14(20-4)17-7-11/h5-9H,1-4H3. The van der Waals surface area contributed by atoms with E-state index in [2.05, 4.69) is 19.9 Å². The van der Waals surface area contributed by atoms with Crippen molar-refractivity contribution >= 4 is 11.7 Å². The number of nitrogens with zero attached hydrogens (tertiary/aromatic N) is 5. The molecule has 0 bridgehead atoms. The molecule has 0 spiro atoms. The first kappa shape index (κ1) is 13.9. The lowest BCUT2D eigenvalue weighted by molar-refractivity contribution is 0.398. The molecule has 104 valence electrons. The summed E-state index contributed by atoms with van der Waals surface area (Å²) in [5.74, 6) is 2.03. The number of pyridine rings is 1. The van der Waals surface area contributed by atoms with Crippen molar-refractivity contribution in [1.82, 2.24) is 19.9 Å². The summed E-state index contributed by atoms with van der Waals surface area (Å²) in [6.07, 6.45) is 5.04. The lowest BCUT2D eigenvalue weighted by Gasteiger charge is -2.10. The number of methoxy groups -OCH3 is 1. The maximum Gasteiger partial charge on any atom is 0.212 e. The van der Waals surface area contributed by atoms with Gasteiger partial charge in [-0.2, -0.15) is 0 Å². The highest BCUT2D eigenvalue weighted by atomic mass is 16.5. The normalized spacial score (nSPS) is 11.3. The van der Waals surface area contributed by atoms with Crippen LogP contribution in [0.2, 0.25) is 0 Å². The molecule has 0 aliphatic heterocycles. The minimum absolute atomic E-state index is 0.574. The van der Waals surface area contributed by atoms with Gasteiger partial charge in [0.05, 0.1) is 25.2 Å². The lowest BCUT2D eigenvalue weighted by Crippen LogP contribution is -2.17. The van der Waals surface area contributed by atoms with Crippen LogP contribution in [-0.2, 0) is 0 Å². The highest BCUT2D eigenvalue weighted by molar-refractivity contribution is 5.81. The Balaban J connectivity index is 2.21. The van der Waals surface area contributed by atoms with E-state index in [9.17, 15) is 0 Å². The zero-order chi connectivity index (χ0) is 14.5. The minimum Gasteiger partial charge on any atom is -0.481 e. The average molecular weight is 271 g/mol. The first-order valence-corrected chi connectivity index (χ1v) is 6.15. The number of aliphatic imine (C=N–C) groups is 1. The van der Waals surface area contributed by atoms with Gasteiger partial charge in [-0.1, -0.05) is 0 Å². The fraction of sp³-hybridized carbons (Fsp3) is 0.286. The van der Waals surface area contributed by atoms with Gasteiger partial charge >= 0.3 is 0 Å². The molecule has 0 aromatic carbocycles. The molecule has 6 nitrogen and oxygen atoms in total. The van der Waals surface area contributed by atoms with Crippen LogP contribution in [0.4, 0.5) is 5.82 Å². The predicted molar refractivity (Wildman–Crippen MR) is 78.3 cm³/mol. The molecular weight excluding hydrogens is 254 g/mol. The van der Waals surface area contributed by atoms with Crippen LogP contribution < -0.4 is 4.74 Å². The molecule has 0 unspecified atom stereocenters. The summed E-state index contributed by atoms with van der Waals surface area (Å²) < 4.78 is 5.02. The van der Waals surface area contributed by atoms with Crippen LogP contribution in [0.1, 0.15) is 6.92 Å². The van der Waals surface area contributed by atoms with E-state index in [1.165, 1.54) is 0 Å². The van der Waals surface area contributed by atoms with Crippen LogP contribution in [-0.4, -0.2) is 46.9 Å². The van der Waals surface area contributed by atoms with Crippen molar-refractivity contribution in [1.29, 1.82) is 0 Å². The Morgan fingerprint density at radius 2 is 1.90 bits per heavy atom. The molecule has 2 heterocycles. The minimum atomic E-state index is 0.574. The maximum atomic E-state index is 5.02. The molecule has 0 N–H and O–H groups in total. The molecule has 0 saturated carbocycles. The van der Waals surface area contributed by atoms with Crippen LogP contribution >= 0.6 is 0 Å². The van der Waals surface area contributed by atoms with Gasteiger partial charge < -0.3 is 9.64 Å². The van der Waals surface area contributed by atoms with Gasteiger partial charge in [0.15, 0.2) is 5.82 Å². The number of hydrogen-bond donors (Lipinski definition) is 0. The van der Waals surface area contributed by atoms with Gasteiger partial charge in [0.25, 0.3) is 0 Å². The van der Waals surface area contributed by atoms with Gasteiger partial charge in [-0.3, -0.25) is 4.98 Å². The molecule has 0 saturated heterocycles. The van der Waals surface area contributed by atoms with Crippen LogP contribution in [0.25, 0.3) is 11.3 Å². The fourth-order valence-corrected chi connectivity index (χ4v) is 1.45. The topological polar surface area (TPSA) is 63.5 Å². The van der Waals surface area contributed by atoms with Crippen molar-refractivity contribution in [2.45, 2.75) is 6.92 Å². The number of rotatable bonds is 3. The molecule has 0 amide bonds. The highest BCUT2D eigenvalue weighted by Crippen LogP contribution is 2.18. The van der Waals surface area contributed by atoms with E-state index in [1.807, 2.05) is 32.0 Å². The van der Waals surface area contributed by atoms with Gasteiger partial charge in [-0.05, 0) is 13.0 Å². The van der Waals surface area contributed by atoms with Gasteiger partial charge in [0, 0.05) is 31.9 Å². The molecule has 0 atom stereocenters. The zero-order valence-electron chi connectivity index (χ0n) is 12.0. The Morgan fingerprint density at radius 3 is 2.40 bits per heavy atom. The Kier molecular flexibility index (Phi) is 4.24. The van der Waals surface area contributed by atoms with E-state index >= 15 is 0 Å². The Hall–Kier alpha value is -2.50. The first-order chi connectivity index (χ1) is 9.60. The van der Waals surface area contributed by atoms with Gasteiger partial charge in [-0.25, -0.2) is 15.0 Å². The molecular formula is C14H17N5O. The third-order valence-corrected chi connectivity index (χ3v) is 2.80. The van der Waals surface area contributed by atoms with Crippen molar-refractivity contribution in [3.05, 3.63) is 30.7 Å². The third kappa shape index (κ3) is 3.28. The predicted octanol–water partition coefficient (Wildman–Crippen LogP) is 2.16. The molecule has 2 aromatic rings. The largest absolute Gasteiger partial charge is 0.481 e. The van der Waals surface area contributed by atoms with Crippen molar-refractivity contribution in [3.8, 4) is 17.1 Å². The smallest absolute Gasteiger partial charge is 0.212 e. The number of amidine groups is 1. The number of ether oxygens (including phenoxy) is 1. The van der Waals surface area contributed by atoms with E-state index in [0.717, 1.165) is 17.1 Å². The molecule has 2 aromatic heterocycles. The molecule has 6 heteroatoms. The summed E-state index contributed by atoms with van der Waals surface area (Å²) in [7, 11) is 5.45. The molecule has 0 fully saturated rings. The SMILES string of the molecule is COc1ccc(-c2cnc(N=C(C)N(C)C)cn2)cn1. The molecule has 20 heavy (non-hydrogen) atoms. The van der Waals surface area contributed by atoms with Crippen molar-refractivity contribution < 1.29 is 4.74 Å². The Morgan fingerprint density at radius 1 is 1.10 bits per heavy atom. The summed E-state index contributed by atoms with van der Waals surface area (Å²) >= 11 is 0. The first-order valence-electron chi connectivity index (χ1n) is 6.15.